The van der Waals surface area contributed by atoms with Crippen LogP contribution in [0.2, 0.25) is 0 Å². The van der Waals surface area contributed by atoms with Gasteiger partial charge in [0.15, 0.2) is 0 Å². The van der Waals surface area contributed by atoms with Crippen LogP contribution in [0.4, 0.5) is 18.9 Å². The van der Waals surface area contributed by atoms with Gasteiger partial charge in [-0.2, -0.15) is 13.2 Å². The Balaban J connectivity index is 2.24. The Kier molecular flexibility index (Phi) is 5.70. The number of aromatic nitrogens is 2. The predicted molar refractivity (Wildman–Crippen MR) is 110 cm³/mol. The van der Waals surface area contributed by atoms with E-state index in [2.05, 4.69) is 10.3 Å². The maximum absolute atomic E-state index is 13.5. The molecule has 1 N–H and O–H groups in total. The summed E-state index contributed by atoms with van der Waals surface area (Å²) < 4.78 is 41.5. The van der Waals surface area contributed by atoms with Crippen LogP contribution in [0.5, 0.6) is 0 Å². The van der Waals surface area contributed by atoms with Crippen LogP contribution in [-0.4, -0.2) is 15.5 Å². The zero-order valence-corrected chi connectivity index (χ0v) is 17.1. The third-order valence-corrected chi connectivity index (χ3v) is 5.18. The predicted octanol–water partition coefficient (Wildman–Crippen LogP) is 4.93. The summed E-state index contributed by atoms with van der Waals surface area (Å²) in [5.74, 6) is -0.562. The summed E-state index contributed by atoms with van der Waals surface area (Å²) in [6.45, 7) is 6.99. The van der Waals surface area contributed by atoms with Crippen molar-refractivity contribution in [2.45, 2.75) is 46.3 Å². The molecule has 30 heavy (non-hydrogen) atoms. The van der Waals surface area contributed by atoms with Crippen molar-refractivity contribution in [1.29, 1.82) is 0 Å². The van der Waals surface area contributed by atoms with E-state index in [-0.39, 0.29) is 17.5 Å². The number of carbonyl (C=O) groups excluding carboxylic acids is 1. The molecule has 0 aliphatic carbocycles. The molecule has 1 amide bonds. The monoisotopic (exact) mass is 417 g/mol. The zero-order chi connectivity index (χ0) is 22.2. The number of alkyl halides is 3. The molecule has 8 heteroatoms. The number of nitrogens with one attached hydrogen (secondary N) is 1. The molecular formula is C22H22F3N3O2. The molecule has 0 saturated carbocycles. The van der Waals surface area contributed by atoms with Crippen molar-refractivity contribution < 1.29 is 18.0 Å². The average Bonchev–Trinajstić information content (AvgIpc) is 2.66. The third-order valence-electron chi connectivity index (χ3n) is 5.18. The first kappa shape index (κ1) is 21.5. The van der Waals surface area contributed by atoms with Gasteiger partial charge >= 0.3 is 6.18 Å². The van der Waals surface area contributed by atoms with Crippen LogP contribution in [0.1, 0.15) is 41.8 Å². The maximum Gasteiger partial charge on any atom is 0.438 e. The minimum atomic E-state index is -4.93. The highest BCUT2D eigenvalue weighted by Crippen LogP contribution is 2.29. The van der Waals surface area contributed by atoms with Crippen molar-refractivity contribution in [3.05, 3.63) is 69.1 Å². The van der Waals surface area contributed by atoms with Gasteiger partial charge in [-0.3, -0.25) is 14.2 Å². The third kappa shape index (κ3) is 3.94. The lowest BCUT2D eigenvalue weighted by molar-refractivity contribution is -0.142. The van der Waals surface area contributed by atoms with Gasteiger partial charge in [-0.1, -0.05) is 25.1 Å². The lowest BCUT2D eigenvalue weighted by Crippen LogP contribution is -2.37. The van der Waals surface area contributed by atoms with E-state index >= 15 is 0 Å². The van der Waals surface area contributed by atoms with Crippen molar-refractivity contribution in [2.75, 3.05) is 5.32 Å². The van der Waals surface area contributed by atoms with Crippen LogP contribution in [0.25, 0.3) is 11.0 Å². The van der Waals surface area contributed by atoms with Crippen LogP contribution >= 0.6 is 0 Å². The van der Waals surface area contributed by atoms with Crippen molar-refractivity contribution >= 4 is 22.6 Å². The van der Waals surface area contributed by atoms with E-state index in [0.29, 0.717) is 5.69 Å². The summed E-state index contributed by atoms with van der Waals surface area (Å²) in [4.78, 5) is 29.5. The second-order valence-corrected chi connectivity index (χ2v) is 7.29. The maximum atomic E-state index is 13.5. The average molecular weight is 417 g/mol. The van der Waals surface area contributed by atoms with E-state index in [9.17, 15) is 22.8 Å². The first-order chi connectivity index (χ1) is 14.0. The molecule has 1 atom stereocenters. The van der Waals surface area contributed by atoms with Gasteiger partial charge < -0.3 is 5.32 Å². The summed E-state index contributed by atoms with van der Waals surface area (Å²) in [6, 6.07) is 9.02. The fourth-order valence-electron chi connectivity index (χ4n) is 3.37. The smallest absolute Gasteiger partial charge is 0.324 e. The van der Waals surface area contributed by atoms with Gasteiger partial charge in [0.05, 0.1) is 11.0 Å². The second-order valence-electron chi connectivity index (χ2n) is 7.29. The fourth-order valence-corrected chi connectivity index (χ4v) is 3.37. The molecule has 1 heterocycles. The van der Waals surface area contributed by atoms with E-state index in [1.54, 1.807) is 52.0 Å². The Morgan fingerprint density at radius 2 is 1.73 bits per heavy atom. The molecule has 0 aliphatic rings. The molecule has 0 radical (unpaired) electrons. The first-order valence-electron chi connectivity index (χ1n) is 9.51. The number of fused-ring (bicyclic) bond motifs is 1. The highest BCUT2D eigenvalue weighted by atomic mass is 19.4. The van der Waals surface area contributed by atoms with Gasteiger partial charge in [-0.15, -0.1) is 0 Å². The van der Waals surface area contributed by atoms with Crippen molar-refractivity contribution in [1.82, 2.24) is 9.55 Å². The second kappa shape index (κ2) is 7.93. The van der Waals surface area contributed by atoms with Gasteiger partial charge in [0.25, 0.3) is 5.56 Å². The number of hydrogen-bond acceptors (Lipinski definition) is 3. The van der Waals surface area contributed by atoms with Crippen LogP contribution < -0.4 is 10.9 Å². The lowest BCUT2D eigenvalue weighted by atomic mass is 10.1. The van der Waals surface area contributed by atoms with Crippen molar-refractivity contribution in [3.63, 3.8) is 0 Å². The Morgan fingerprint density at radius 3 is 2.33 bits per heavy atom. The number of halogens is 3. The molecule has 1 aromatic heterocycles. The van der Waals surface area contributed by atoms with Crippen LogP contribution in [-0.2, 0) is 11.0 Å². The molecule has 0 unspecified atom stereocenters. The number of anilines is 1. The molecular weight excluding hydrogens is 395 g/mol. The number of aryl methyl sites for hydroxylation is 3. The number of nitrogens with zero attached hydrogens (tertiary/aromatic N) is 2. The van der Waals surface area contributed by atoms with Crippen molar-refractivity contribution in [3.8, 4) is 0 Å². The molecule has 0 aliphatic heterocycles. The van der Waals surface area contributed by atoms with Gasteiger partial charge in [-0.05, 0) is 62.1 Å². The van der Waals surface area contributed by atoms with E-state index in [1.807, 2.05) is 6.07 Å². The molecule has 0 bridgehead atoms. The SMILES string of the molecule is CC[C@@H](C(=O)Nc1ccccc1C)n1c(=O)c(C(F)(F)F)nc2cc(C)c(C)cc21. The standard InChI is InChI=1S/C22H22F3N3O2/c1-5-17(20(29)27-15-9-7-6-8-12(15)2)28-18-11-14(4)13(3)10-16(18)26-19(21(28)30)22(23,24)25/h6-11,17H,5H2,1-4H3,(H,27,29)/t17-/m0/s1. The van der Waals surface area contributed by atoms with E-state index in [4.69, 9.17) is 0 Å². The minimum absolute atomic E-state index is 0.0205. The van der Waals surface area contributed by atoms with Crippen LogP contribution in [0, 0.1) is 20.8 Å². The number of benzene rings is 2. The molecule has 2 aromatic carbocycles. The number of para-hydroxylation sites is 1. The number of rotatable bonds is 4. The topological polar surface area (TPSA) is 64.0 Å². The fraction of sp³-hybridized carbons (Fsp3) is 0.318. The summed E-state index contributed by atoms with van der Waals surface area (Å²) >= 11 is 0. The van der Waals surface area contributed by atoms with Gasteiger partial charge in [0.1, 0.15) is 6.04 Å². The highest BCUT2D eigenvalue weighted by molar-refractivity contribution is 5.95. The summed E-state index contributed by atoms with van der Waals surface area (Å²) in [7, 11) is 0. The van der Waals surface area contributed by atoms with Crippen molar-refractivity contribution in [2.24, 2.45) is 0 Å². The molecule has 0 saturated heterocycles. The summed E-state index contributed by atoms with van der Waals surface area (Å²) in [5.41, 5.74) is 0.225. The molecule has 3 rings (SSSR count). The first-order valence-corrected chi connectivity index (χ1v) is 9.51. The lowest BCUT2D eigenvalue weighted by Gasteiger charge is -2.22. The molecule has 0 spiro atoms. The normalized spacial score (nSPS) is 12.8. The molecule has 5 nitrogen and oxygen atoms in total. The zero-order valence-electron chi connectivity index (χ0n) is 17.1. The van der Waals surface area contributed by atoms with Gasteiger partial charge in [-0.25, -0.2) is 4.98 Å². The van der Waals surface area contributed by atoms with E-state index < -0.39 is 29.4 Å². The summed E-state index contributed by atoms with van der Waals surface area (Å²) in [6.07, 6.45) is -4.81. The van der Waals surface area contributed by atoms with Crippen LogP contribution in [0.15, 0.2) is 41.2 Å². The van der Waals surface area contributed by atoms with Gasteiger partial charge in [0, 0.05) is 5.69 Å². The molecule has 3 aromatic rings. The van der Waals surface area contributed by atoms with E-state index in [0.717, 1.165) is 21.3 Å². The Bertz CT molecular complexity index is 1180. The quantitative estimate of drug-likeness (QED) is 0.655. The molecule has 158 valence electrons. The molecule has 0 fully saturated rings. The Labute approximate surface area is 171 Å². The highest BCUT2D eigenvalue weighted by Gasteiger charge is 2.38. The van der Waals surface area contributed by atoms with E-state index in [1.165, 1.54) is 6.07 Å². The number of amides is 1. The minimum Gasteiger partial charge on any atom is -0.324 e. The van der Waals surface area contributed by atoms with Crippen LogP contribution in [0.3, 0.4) is 0 Å². The summed E-state index contributed by atoms with van der Waals surface area (Å²) in [5, 5.41) is 2.74. The number of hydrogen-bond donors (Lipinski definition) is 1. The number of carbonyl (C=O) groups is 1. The Hall–Kier alpha value is -3.16. The Morgan fingerprint density at radius 1 is 1.10 bits per heavy atom. The van der Waals surface area contributed by atoms with Gasteiger partial charge in [0.2, 0.25) is 11.6 Å². The largest absolute Gasteiger partial charge is 0.438 e.